The summed E-state index contributed by atoms with van der Waals surface area (Å²) in [4.78, 5) is 11.5. The van der Waals surface area contributed by atoms with Gasteiger partial charge in [0.25, 0.3) is 0 Å². The number of carboxylic acids is 1. The minimum absolute atomic E-state index is 0.0416. The summed E-state index contributed by atoms with van der Waals surface area (Å²) >= 11 is 0. The first-order chi connectivity index (χ1) is 14.9. The minimum Gasteiger partial charge on any atom is -0.480 e. The number of carbonyl (C=O) groups is 1. The van der Waals surface area contributed by atoms with Crippen LogP contribution in [0.2, 0.25) is 0 Å². The van der Waals surface area contributed by atoms with Crippen molar-refractivity contribution in [1.82, 2.24) is 4.72 Å². The molecule has 3 aromatic carbocycles. The van der Waals surface area contributed by atoms with E-state index in [1.54, 1.807) is 24.3 Å². The van der Waals surface area contributed by atoms with E-state index in [2.05, 4.69) is 28.4 Å². The molecule has 3 aromatic rings. The molecule has 154 valence electrons. The maximum absolute atomic E-state index is 12.6. The first-order valence-electron chi connectivity index (χ1n) is 9.40. The summed E-state index contributed by atoms with van der Waals surface area (Å²) in [6.45, 7) is 0. The normalized spacial score (nSPS) is 11.4. The highest BCUT2D eigenvalue weighted by Gasteiger charge is 2.24. The monoisotopic (exact) mass is 429 g/mol. The van der Waals surface area contributed by atoms with Gasteiger partial charge >= 0.3 is 5.97 Å². The molecule has 0 bridgehead atoms. The topological polar surface area (TPSA) is 83.5 Å². The van der Waals surface area contributed by atoms with Gasteiger partial charge in [-0.25, -0.2) is 8.42 Å². The van der Waals surface area contributed by atoms with Crippen LogP contribution in [0.1, 0.15) is 23.1 Å². The molecule has 0 radical (unpaired) electrons. The van der Waals surface area contributed by atoms with Crippen LogP contribution in [0.15, 0.2) is 89.8 Å². The summed E-state index contributed by atoms with van der Waals surface area (Å²) in [7, 11) is -4.03. The molecule has 31 heavy (non-hydrogen) atoms. The number of hydrogen-bond acceptors (Lipinski definition) is 3. The fourth-order valence-electron chi connectivity index (χ4n) is 2.59. The van der Waals surface area contributed by atoms with Gasteiger partial charge in [-0.05, 0) is 48.5 Å². The van der Waals surface area contributed by atoms with Crippen molar-refractivity contribution >= 4 is 16.0 Å². The van der Waals surface area contributed by atoms with Gasteiger partial charge < -0.3 is 5.11 Å². The van der Waals surface area contributed by atoms with Gasteiger partial charge in [0, 0.05) is 23.1 Å². The van der Waals surface area contributed by atoms with Gasteiger partial charge in [-0.15, -0.1) is 0 Å². The number of benzene rings is 3. The molecule has 2 N–H and O–H groups in total. The third kappa shape index (κ3) is 6.58. The standard InChI is InChI=1S/C25H19NO4S/c27-25(28)24(13-7-12-20-8-3-1-4-9-20)26-31(29,30)23-18-16-22(17-19-23)15-14-21-10-5-2-6-11-21/h1-6,8-11,16-19,24,26H,13H2,(H,27,28). The Balaban J connectivity index is 1.70. The number of rotatable bonds is 5. The van der Waals surface area contributed by atoms with Crippen molar-refractivity contribution in [3.05, 3.63) is 102 Å². The molecule has 1 atom stereocenters. The van der Waals surface area contributed by atoms with Crippen molar-refractivity contribution in [2.24, 2.45) is 0 Å². The summed E-state index contributed by atoms with van der Waals surface area (Å²) in [5.74, 6) is 10.2. The summed E-state index contributed by atoms with van der Waals surface area (Å²) < 4.78 is 27.4. The van der Waals surface area contributed by atoms with E-state index in [1.165, 1.54) is 12.1 Å². The average Bonchev–Trinajstić information content (AvgIpc) is 2.78. The lowest BCUT2D eigenvalue weighted by Crippen LogP contribution is -2.40. The summed E-state index contributed by atoms with van der Waals surface area (Å²) in [6.07, 6.45) is -0.163. The van der Waals surface area contributed by atoms with Crippen molar-refractivity contribution in [3.8, 4) is 23.7 Å². The van der Waals surface area contributed by atoms with Crippen LogP contribution in [0.3, 0.4) is 0 Å². The fourth-order valence-corrected chi connectivity index (χ4v) is 3.78. The molecule has 0 aliphatic carbocycles. The lowest BCUT2D eigenvalue weighted by atomic mass is 10.2. The fraction of sp³-hybridized carbons (Fsp3) is 0.0800. The lowest BCUT2D eigenvalue weighted by Gasteiger charge is -2.12. The zero-order chi connectivity index (χ0) is 22.1. The largest absolute Gasteiger partial charge is 0.480 e. The predicted molar refractivity (Wildman–Crippen MR) is 119 cm³/mol. The Morgan fingerprint density at radius 1 is 0.774 bits per heavy atom. The lowest BCUT2D eigenvalue weighted by molar-refractivity contribution is -0.138. The summed E-state index contributed by atoms with van der Waals surface area (Å²) in [5, 5.41) is 9.39. The van der Waals surface area contributed by atoms with E-state index in [-0.39, 0.29) is 11.3 Å². The molecular weight excluding hydrogens is 410 g/mol. The van der Waals surface area contributed by atoms with Crippen LogP contribution in [0.5, 0.6) is 0 Å². The highest BCUT2D eigenvalue weighted by atomic mass is 32.2. The van der Waals surface area contributed by atoms with E-state index < -0.39 is 22.0 Å². The molecule has 0 spiro atoms. The van der Waals surface area contributed by atoms with E-state index in [1.807, 2.05) is 48.5 Å². The van der Waals surface area contributed by atoms with Gasteiger partial charge in [-0.3, -0.25) is 4.79 Å². The molecule has 0 aliphatic heterocycles. The summed E-state index contributed by atoms with van der Waals surface area (Å²) in [6, 6.07) is 23.1. The van der Waals surface area contributed by atoms with Gasteiger partial charge in [-0.2, -0.15) is 4.72 Å². The molecule has 0 amide bonds. The van der Waals surface area contributed by atoms with Crippen LogP contribution in [-0.2, 0) is 14.8 Å². The van der Waals surface area contributed by atoms with Gasteiger partial charge in [0.05, 0.1) is 4.90 Å². The summed E-state index contributed by atoms with van der Waals surface area (Å²) in [5.41, 5.74) is 2.22. The van der Waals surface area contributed by atoms with Crippen LogP contribution in [0, 0.1) is 23.7 Å². The van der Waals surface area contributed by atoms with Gasteiger partial charge in [-0.1, -0.05) is 60.1 Å². The van der Waals surface area contributed by atoms with E-state index in [0.29, 0.717) is 5.56 Å². The Labute approximate surface area is 181 Å². The van der Waals surface area contributed by atoms with E-state index in [0.717, 1.165) is 11.1 Å². The van der Waals surface area contributed by atoms with E-state index >= 15 is 0 Å². The Hall–Kier alpha value is -3.84. The number of aliphatic carboxylic acids is 1. The van der Waals surface area contributed by atoms with Crippen molar-refractivity contribution < 1.29 is 18.3 Å². The molecule has 0 aliphatic rings. The molecule has 6 heteroatoms. The number of sulfonamides is 1. The van der Waals surface area contributed by atoms with Crippen LogP contribution >= 0.6 is 0 Å². The highest BCUT2D eigenvalue weighted by molar-refractivity contribution is 7.89. The van der Waals surface area contributed by atoms with Crippen LogP contribution in [-0.4, -0.2) is 25.5 Å². The van der Waals surface area contributed by atoms with Gasteiger partial charge in [0.2, 0.25) is 10.0 Å². The zero-order valence-electron chi connectivity index (χ0n) is 16.4. The van der Waals surface area contributed by atoms with Crippen molar-refractivity contribution in [2.45, 2.75) is 17.4 Å². The maximum Gasteiger partial charge on any atom is 0.322 e. The molecule has 0 saturated carbocycles. The Kier molecular flexibility index (Phi) is 7.24. The molecule has 3 rings (SSSR count). The molecule has 0 saturated heterocycles. The molecule has 0 aromatic heterocycles. The zero-order valence-corrected chi connectivity index (χ0v) is 17.3. The molecular formula is C25H19NO4S. The Morgan fingerprint density at radius 3 is 1.77 bits per heavy atom. The van der Waals surface area contributed by atoms with Crippen molar-refractivity contribution in [1.29, 1.82) is 0 Å². The second kappa shape index (κ2) is 10.3. The van der Waals surface area contributed by atoms with E-state index in [4.69, 9.17) is 0 Å². The Bertz CT molecular complexity index is 1260. The van der Waals surface area contributed by atoms with Crippen LogP contribution in [0.4, 0.5) is 0 Å². The average molecular weight is 429 g/mol. The second-order valence-corrected chi connectivity index (χ2v) is 8.24. The number of hydrogen-bond donors (Lipinski definition) is 2. The van der Waals surface area contributed by atoms with Crippen molar-refractivity contribution in [2.75, 3.05) is 0 Å². The molecule has 0 fully saturated rings. The maximum atomic E-state index is 12.6. The highest BCUT2D eigenvalue weighted by Crippen LogP contribution is 2.12. The third-order valence-electron chi connectivity index (χ3n) is 4.20. The predicted octanol–water partition coefficient (Wildman–Crippen LogP) is 3.26. The van der Waals surface area contributed by atoms with Gasteiger partial charge in [0.15, 0.2) is 0 Å². The smallest absolute Gasteiger partial charge is 0.322 e. The second-order valence-electron chi connectivity index (χ2n) is 6.52. The Morgan fingerprint density at radius 2 is 1.26 bits per heavy atom. The molecule has 0 heterocycles. The first kappa shape index (κ1) is 21.9. The minimum atomic E-state index is -4.03. The first-order valence-corrected chi connectivity index (χ1v) is 10.9. The third-order valence-corrected chi connectivity index (χ3v) is 5.69. The molecule has 5 nitrogen and oxygen atoms in total. The number of carboxylic acid groups (broad SMARTS) is 1. The van der Waals surface area contributed by atoms with Gasteiger partial charge in [0.1, 0.15) is 6.04 Å². The van der Waals surface area contributed by atoms with E-state index in [9.17, 15) is 18.3 Å². The van der Waals surface area contributed by atoms with Crippen LogP contribution in [0.25, 0.3) is 0 Å². The SMILES string of the molecule is O=C(O)C(CC#Cc1ccccc1)NS(=O)(=O)c1ccc(C#Cc2ccccc2)cc1. The number of nitrogens with one attached hydrogen (secondary N) is 1. The van der Waals surface area contributed by atoms with Crippen molar-refractivity contribution in [3.63, 3.8) is 0 Å². The molecule has 1 unspecified atom stereocenters. The van der Waals surface area contributed by atoms with Crippen LogP contribution < -0.4 is 4.72 Å². The quantitative estimate of drug-likeness (QED) is 0.610.